The minimum atomic E-state index is -1.10. The van der Waals surface area contributed by atoms with Crippen LogP contribution in [0.3, 0.4) is 0 Å². The molecule has 0 N–H and O–H groups in total. The number of fused-ring (bicyclic) bond motifs is 1. The van der Waals surface area contributed by atoms with E-state index in [1.165, 1.54) is 0 Å². The predicted molar refractivity (Wildman–Crippen MR) is 70.4 cm³/mol. The molecule has 102 valence electrons. The number of benzene rings is 2. The van der Waals surface area contributed by atoms with E-state index in [0.717, 1.165) is 29.9 Å². The highest BCUT2D eigenvalue weighted by Crippen LogP contribution is 2.28. The molecule has 5 heteroatoms. The summed E-state index contributed by atoms with van der Waals surface area (Å²) in [6, 6.07) is 6.61. The second-order valence-electron chi connectivity index (χ2n) is 4.50. The molecule has 0 aromatic heterocycles. The summed E-state index contributed by atoms with van der Waals surface area (Å²) in [7, 11) is 0. The number of carbonyl (C=O) groups is 1. The van der Waals surface area contributed by atoms with E-state index in [2.05, 4.69) is 0 Å². The van der Waals surface area contributed by atoms with Crippen LogP contribution in [0.25, 0.3) is 0 Å². The second kappa shape index (κ2) is 4.87. The Kier molecular flexibility index (Phi) is 3.18. The molecular formula is C15H9ClF2O2. The maximum Gasteiger partial charge on any atom is 0.194 e. The Bertz CT molecular complexity index is 713. The summed E-state index contributed by atoms with van der Waals surface area (Å²) in [6.45, 7) is 0.582. The lowest BCUT2D eigenvalue weighted by Gasteiger charge is -2.06. The molecule has 0 saturated heterocycles. The van der Waals surface area contributed by atoms with Crippen LogP contribution < -0.4 is 4.74 Å². The Morgan fingerprint density at radius 1 is 1.15 bits per heavy atom. The van der Waals surface area contributed by atoms with E-state index in [1.807, 2.05) is 0 Å². The van der Waals surface area contributed by atoms with Gasteiger partial charge in [0.25, 0.3) is 0 Å². The van der Waals surface area contributed by atoms with Crippen LogP contribution in [-0.2, 0) is 6.42 Å². The van der Waals surface area contributed by atoms with Crippen molar-refractivity contribution in [3.63, 3.8) is 0 Å². The van der Waals surface area contributed by atoms with Gasteiger partial charge in [0.05, 0.1) is 11.6 Å². The van der Waals surface area contributed by atoms with Gasteiger partial charge < -0.3 is 4.74 Å². The van der Waals surface area contributed by atoms with E-state index in [4.69, 9.17) is 16.3 Å². The first kappa shape index (κ1) is 13.1. The minimum Gasteiger partial charge on any atom is -0.493 e. The van der Waals surface area contributed by atoms with Gasteiger partial charge in [-0.05, 0) is 35.9 Å². The van der Waals surface area contributed by atoms with Gasteiger partial charge in [-0.2, -0.15) is 0 Å². The quantitative estimate of drug-likeness (QED) is 0.622. The Hall–Kier alpha value is -1.94. The molecule has 0 unspecified atom stereocenters. The summed E-state index contributed by atoms with van der Waals surface area (Å²) in [5.41, 5.74) is 1.25. The molecule has 0 radical (unpaired) electrons. The number of carbonyl (C=O) groups excluding carboxylic acids is 1. The highest BCUT2D eigenvalue weighted by atomic mass is 35.5. The van der Waals surface area contributed by atoms with Crippen LogP contribution in [0, 0.1) is 11.6 Å². The lowest BCUT2D eigenvalue weighted by Crippen LogP contribution is -2.04. The third-order valence-corrected chi connectivity index (χ3v) is 3.52. The fourth-order valence-corrected chi connectivity index (χ4v) is 2.42. The van der Waals surface area contributed by atoms with E-state index in [9.17, 15) is 13.6 Å². The molecule has 0 spiro atoms. The molecule has 1 aliphatic heterocycles. The first-order valence-corrected chi connectivity index (χ1v) is 6.39. The summed E-state index contributed by atoms with van der Waals surface area (Å²) in [4.78, 5) is 12.3. The molecule has 2 aromatic rings. The van der Waals surface area contributed by atoms with Crippen LogP contribution in [0.5, 0.6) is 5.75 Å². The van der Waals surface area contributed by atoms with Crippen LogP contribution >= 0.6 is 11.6 Å². The molecule has 0 atom stereocenters. The number of ether oxygens (including phenoxy) is 1. The Labute approximate surface area is 118 Å². The smallest absolute Gasteiger partial charge is 0.194 e. The van der Waals surface area contributed by atoms with Crippen molar-refractivity contribution in [3.05, 3.63) is 63.7 Å². The van der Waals surface area contributed by atoms with Gasteiger partial charge in [0.1, 0.15) is 5.75 Å². The molecule has 3 rings (SSSR count). The third kappa shape index (κ3) is 2.16. The number of halogens is 3. The van der Waals surface area contributed by atoms with Gasteiger partial charge >= 0.3 is 0 Å². The SMILES string of the molecule is O=C(c1ccc2c(c1)CCO2)c1cc(F)c(F)cc1Cl. The molecule has 20 heavy (non-hydrogen) atoms. The standard InChI is InChI=1S/C15H9ClF2O2/c16-11-7-13(18)12(17)6-10(11)15(19)9-1-2-14-8(5-9)3-4-20-14/h1-2,5-7H,3-4H2. The third-order valence-electron chi connectivity index (χ3n) is 3.21. The van der Waals surface area contributed by atoms with Crippen molar-refractivity contribution < 1.29 is 18.3 Å². The molecule has 1 heterocycles. The number of rotatable bonds is 2. The zero-order chi connectivity index (χ0) is 14.3. The molecule has 0 aliphatic carbocycles. The molecule has 0 bridgehead atoms. The van der Waals surface area contributed by atoms with Crippen LogP contribution in [-0.4, -0.2) is 12.4 Å². The van der Waals surface area contributed by atoms with E-state index in [1.54, 1.807) is 18.2 Å². The van der Waals surface area contributed by atoms with Crippen LogP contribution in [0.1, 0.15) is 21.5 Å². The molecular weight excluding hydrogens is 286 g/mol. The van der Waals surface area contributed by atoms with Gasteiger partial charge in [-0.15, -0.1) is 0 Å². The average molecular weight is 295 g/mol. The Morgan fingerprint density at radius 2 is 1.90 bits per heavy atom. The van der Waals surface area contributed by atoms with Gasteiger partial charge in [0, 0.05) is 17.5 Å². The van der Waals surface area contributed by atoms with Crippen LogP contribution in [0.2, 0.25) is 5.02 Å². The molecule has 0 fully saturated rings. The van der Waals surface area contributed by atoms with Gasteiger partial charge in [-0.1, -0.05) is 11.6 Å². The summed E-state index contributed by atoms with van der Waals surface area (Å²) in [5, 5.41) is -0.106. The van der Waals surface area contributed by atoms with Crippen LogP contribution in [0.4, 0.5) is 8.78 Å². The molecule has 0 amide bonds. The summed E-state index contributed by atoms with van der Waals surface area (Å²) >= 11 is 5.81. The summed E-state index contributed by atoms with van der Waals surface area (Å²) in [6.07, 6.45) is 0.724. The topological polar surface area (TPSA) is 26.3 Å². The van der Waals surface area contributed by atoms with Crippen molar-refractivity contribution in [2.24, 2.45) is 0 Å². The fraction of sp³-hybridized carbons (Fsp3) is 0.133. The van der Waals surface area contributed by atoms with Crippen LogP contribution in [0.15, 0.2) is 30.3 Å². The fourth-order valence-electron chi connectivity index (χ4n) is 2.18. The van der Waals surface area contributed by atoms with E-state index in [-0.39, 0.29) is 10.6 Å². The van der Waals surface area contributed by atoms with Gasteiger partial charge in [0.15, 0.2) is 17.4 Å². The van der Waals surface area contributed by atoms with Crippen molar-refractivity contribution in [1.29, 1.82) is 0 Å². The summed E-state index contributed by atoms with van der Waals surface area (Å²) in [5.74, 6) is -1.86. The number of hydrogen-bond acceptors (Lipinski definition) is 2. The maximum atomic E-state index is 13.2. The highest BCUT2D eigenvalue weighted by molar-refractivity contribution is 6.35. The zero-order valence-corrected chi connectivity index (χ0v) is 11.0. The van der Waals surface area contributed by atoms with Crippen molar-refractivity contribution in [1.82, 2.24) is 0 Å². The average Bonchev–Trinajstić information content (AvgIpc) is 2.89. The van der Waals surface area contributed by atoms with E-state index < -0.39 is 17.4 Å². The van der Waals surface area contributed by atoms with Gasteiger partial charge in [-0.25, -0.2) is 8.78 Å². The Balaban J connectivity index is 2.03. The largest absolute Gasteiger partial charge is 0.493 e. The molecule has 1 aliphatic rings. The van der Waals surface area contributed by atoms with Gasteiger partial charge in [0.2, 0.25) is 0 Å². The highest BCUT2D eigenvalue weighted by Gasteiger charge is 2.19. The number of hydrogen-bond donors (Lipinski definition) is 0. The van der Waals surface area contributed by atoms with Crippen molar-refractivity contribution in [2.75, 3.05) is 6.61 Å². The lowest BCUT2D eigenvalue weighted by molar-refractivity contribution is 0.103. The van der Waals surface area contributed by atoms with Gasteiger partial charge in [-0.3, -0.25) is 4.79 Å². The molecule has 2 nitrogen and oxygen atoms in total. The number of ketones is 1. The predicted octanol–water partition coefficient (Wildman–Crippen LogP) is 3.78. The summed E-state index contributed by atoms with van der Waals surface area (Å²) < 4.78 is 31.6. The van der Waals surface area contributed by atoms with Crippen molar-refractivity contribution >= 4 is 17.4 Å². The molecule has 0 saturated carbocycles. The molecule has 2 aromatic carbocycles. The van der Waals surface area contributed by atoms with Crippen molar-refractivity contribution in [3.8, 4) is 5.75 Å². The van der Waals surface area contributed by atoms with E-state index >= 15 is 0 Å². The zero-order valence-electron chi connectivity index (χ0n) is 10.3. The monoisotopic (exact) mass is 294 g/mol. The second-order valence-corrected chi connectivity index (χ2v) is 4.90. The Morgan fingerprint density at radius 3 is 2.70 bits per heavy atom. The lowest BCUT2D eigenvalue weighted by atomic mass is 10.00. The normalized spacial score (nSPS) is 12.9. The van der Waals surface area contributed by atoms with Crippen molar-refractivity contribution in [2.45, 2.75) is 6.42 Å². The minimum absolute atomic E-state index is 0.0515. The first-order chi connectivity index (χ1) is 9.56. The first-order valence-electron chi connectivity index (χ1n) is 6.01. The van der Waals surface area contributed by atoms with E-state index in [0.29, 0.717) is 12.2 Å². The maximum absolute atomic E-state index is 13.2.